The summed E-state index contributed by atoms with van der Waals surface area (Å²) in [6.45, 7) is 10.5. The lowest BCUT2D eigenvalue weighted by molar-refractivity contribution is 0.107. The van der Waals surface area contributed by atoms with Crippen LogP contribution in [0.2, 0.25) is 0 Å². The number of ether oxygens (including phenoxy) is 1. The van der Waals surface area contributed by atoms with Gasteiger partial charge in [-0.3, -0.25) is 4.90 Å². The largest absolute Gasteiger partial charge is 0.383 e. The fourth-order valence-electron chi connectivity index (χ4n) is 2.18. The van der Waals surface area contributed by atoms with E-state index in [2.05, 4.69) is 25.7 Å². The molecule has 0 aliphatic rings. The van der Waals surface area contributed by atoms with Gasteiger partial charge >= 0.3 is 0 Å². The molecule has 0 spiro atoms. The molecular weight excluding hydrogens is 212 g/mol. The molecule has 0 heterocycles. The van der Waals surface area contributed by atoms with Gasteiger partial charge in [0.05, 0.1) is 6.61 Å². The molecule has 0 aromatic carbocycles. The first-order valence-electron chi connectivity index (χ1n) is 7.08. The highest BCUT2D eigenvalue weighted by Gasteiger charge is 2.17. The lowest BCUT2D eigenvalue weighted by Gasteiger charge is -2.32. The van der Waals surface area contributed by atoms with Crippen molar-refractivity contribution in [1.82, 2.24) is 4.90 Å². The summed E-state index contributed by atoms with van der Waals surface area (Å²) in [5.74, 6) is 0.687. The molecule has 0 fully saturated rings. The van der Waals surface area contributed by atoms with Crippen LogP contribution < -0.4 is 5.73 Å². The highest BCUT2D eigenvalue weighted by molar-refractivity contribution is 4.73. The molecule has 104 valence electrons. The molecule has 1 unspecified atom stereocenters. The lowest BCUT2D eigenvalue weighted by Crippen LogP contribution is -2.44. The summed E-state index contributed by atoms with van der Waals surface area (Å²) in [7, 11) is 1.77. The molecule has 1 atom stereocenters. The SMILES string of the molecule is CCCCCC(CN)N(CCOC)CC(C)C. The van der Waals surface area contributed by atoms with Gasteiger partial charge in [-0.05, 0) is 12.3 Å². The van der Waals surface area contributed by atoms with E-state index in [1.54, 1.807) is 7.11 Å². The van der Waals surface area contributed by atoms with Crippen LogP contribution >= 0.6 is 0 Å². The van der Waals surface area contributed by atoms with Crippen LogP contribution in [0.25, 0.3) is 0 Å². The van der Waals surface area contributed by atoms with Crippen LogP contribution in [0.3, 0.4) is 0 Å². The molecule has 2 N–H and O–H groups in total. The Morgan fingerprint density at radius 2 is 1.94 bits per heavy atom. The first-order valence-corrected chi connectivity index (χ1v) is 7.08. The summed E-state index contributed by atoms with van der Waals surface area (Å²) in [5.41, 5.74) is 5.92. The normalized spacial score (nSPS) is 13.6. The van der Waals surface area contributed by atoms with Crippen molar-refractivity contribution in [2.24, 2.45) is 11.7 Å². The van der Waals surface area contributed by atoms with Gasteiger partial charge in [-0.2, -0.15) is 0 Å². The van der Waals surface area contributed by atoms with Gasteiger partial charge in [-0.25, -0.2) is 0 Å². The van der Waals surface area contributed by atoms with Crippen molar-refractivity contribution in [2.45, 2.75) is 52.5 Å². The zero-order valence-corrected chi connectivity index (χ0v) is 12.2. The minimum atomic E-state index is 0.527. The van der Waals surface area contributed by atoms with E-state index < -0.39 is 0 Å². The van der Waals surface area contributed by atoms with Gasteiger partial charge in [0.2, 0.25) is 0 Å². The Morgan fingerprint density at radius 3 is 2.41 bits per heavy atom. The average Bonchev–Trinajstić information content (AvgIpc) is 2.30. The van der Waals surface area contributed by atoms with Crippen LogP contribution in [0.1, 0.15) is 46.5 Å². The molecule has 0 aromatic rings. The standard InChI is InChI=1S/C14H32N2O/c1-5-6-7-8-14(11-15)16(9-10-17-4)12-13(2)3/h13-14H,5-12,15H2,1-4H3. The van der Waals surface area contributed by atoms with E-state index in [0.717, 1.165) is 26.2 Å². The van der Waals surface area contributed by atoms with Crippen molar-refractivity contribution < 1.29 is 4.74 Å². The second kappa shape index (κ2) is 11.0. The second-order valence-corrected chi connectivity index (χ2v) is 5.27. The van der Waals surface area contributed by atoms with Gasteiger partial charge in [0.1, 0.15) is 0 Å². The number of hydrogen-bond donors (Lipinski definition) is 1. The van der Waals surface area contributed by atoms with Crippen LogP contribution in [-0.4, -0.2) is 44.3 Å². The quantitative estimate of drug-likeness (QED) is 0.568. The molecule has 17 heavy (non-hydrogen) atoms. The summed E-state index contributed by atoms with van der Waals surface area (Å²) in [5, 5.41) is 0. The third-order valence-electron chi connectivity index (χ3n) is 3.11. The van der Waals surface area contributed by atoms with Gasteiger partial charge in [0.25, 0.3) is 0 Å². The van der Waals surface area contributed by atoms with Crippen molar-refractivity contribution in [2.75, 3.05) is 33.4 Å². The second-order valence-electron chi connectivity index (χ2n) is 5.27. The monoisotopic (exact) mass is 244 g/mol. The Balaban J connectivity index is 4.16. The van der Waals surface area contributed by atoms with E-state index in [-0.39, 0.29) is 0 Å². The third kappa shape index (κ3) is 8.58. The molecule has 0 radical (unpaired) electrons. The van der Waals surface area contributed by atoms with Crippen LogP contribution in [0, 0.1) is 5.92 Å². The molecule has 3 heteroatoms. The highest BCUT2D eigenvalue weighted by atomic mass is 16.5. The van der Waals surface area contributed by atoms with Crippen molar-refractivity contribution in [3.63, 3.8) is 0 Å². The van der Waals surface area contributed by atoms with E-state index in [4.69, 9.17) is 10.5 Å². The number of methoxy groups -OCH3 is 1. The molecule has 0 aromatic heterocycles. The molecule has 0 aliphatic carbocycles. The average molecular weight is 244 g/mol. The zero-order valence-electron chi connectivity index (χ0n) is 12.2. The van der Waals surface area contributed by atoms with Crippen molar-refractivity contribution >= 4 is 0 Å². The van der Waals surface area contributed by atoms with Gasteiger partial charge in [0, 0.05) is 32.8 Å². The van der Waals surface area contributed by atoms with Gasteiger partial charge in [-0.15, -0.1) is 0 Å². The van der Waals surface area contributed by atoms with E-state index in [0.29, 0.717) is 12.0 Å². The van der Waals surface area contributed by atoms with Crippen molar-refractivity contribution in [1.29, 1.82) is 0 Å². The van der Waals surface area contributed by atoms with Gasteiger partial charge in [0.15, 0.2) is 0 Å². The number of unbranched alkanes of at least 4 members (excludes halogenated alkanes) is 2. The van der Waals surface area contributed by atoms with Crippen LogP contribution in [0.15, 0.2) is 0 Å². The van der Waals surface area contributed by atoms with Crippen molar-refractivity contribution in [3.8, 4) is 0 Å². The molecule has 0 aliphatic heterocycles. The molecule has 0 saturated carbocycles. The molecular formula is C14H32N2O. The molecule has 0 rings (SSSR count). The van der Waals surface area contributed by atoms with Crippen LogP contribution in [0.5, 0.6) is 0 Å². The van der Waals surface area contributed by atoms with Gasteiger partial charge < -0.3 is 10.5 Å². The Labute approximate surface area is 108 Å². The Kier molecular flexibility index (Phi) is 10.9. The Bertz CT molecular complexity index is 162. The summed E-state index contributed by atoms with van der Waals surface area (Å²) in [6.07, 6.45) is 5.11. The predicted molar refractivity (Wildman–Crippen MR) is 75.3 cm³/mol. The maximum absolute atomic E-state index is 5.92. The number of rotatable bonds is 11. The Hall–Kier alpha value is -0.120. The molecule has 0 saturated heterocycles. The predicted octanol–water partition coefficient (Wildman–Crippen LogP) is 2.50. The van der Waals surface area contributed by atoms with Crippen LogP contribution in [-0.2, 0) is 4.74 Å². The molecule has 0 bridgehead atoms. The topological polar surface area (TPSA) is 38.5 Å². The highest BCUT2D eigenvalue weighted by Crippen LogP contribution is 2.11. The molecule has 0 amide bonds. The maximum Gasteiger partial charge on any atom is 0.0589 e. The molecule has 3 nitrogen and oxygen atoms in total. The number of nitrogens with two attached hydrogens (primary N) is 1. The van der Waals surface area contributed by atoms with E-state index >= 15 is 0 Å². The fraction of sp³-hybridized carbons (Fsp3) is 1.00. The van der Waals surface area contributed by atoms with Crippen molar-refractivity contribution in [3.05, 3.63) is 0 Å². The summed E-state index contributed by atoms with van der Waals surface area (Å²) in [6, 6.07) is 0.527. The maximum atomic E-state index is 5.92. The minimum absolute atomic E-state index is 0.527. The smallest absolute Gasteiger partial charge is 0.0589 e. The van der Waals surface area contributed by atoms with E-state index in [9.17, 15) is 0 Å². The summed E-state index contributed by atoms with van der Waals surface area (Å²) in [4.78, 5) is 2.50. The fourth-order valence-corrected chi connectivity index (χ4v) is 2.18. The van der Waals surface area contributed by atoms with Gasteiger partial charge in [-0.1, -0.05) is 40.0 Å². The first-order chi connectivity index (χ1) is 8.15. The minimum Gasteiger partial charge on any atom is -0.383 e. The van der Waals surface area contributed by atoms with E-state index in [1.165, 1.54) is 25.7 Å². The number of hydrogen-bond acceptors (Lipinski definition) is 3. The first kappa shape index (κ1) is 16.9. The zero-order chi connectivity index (χ0) is 13.1. The van der Waals surface area contributed by atoms with E-state index in [1.807, 2.05) is 0 Å². The lowest BCUT2D eigenvalue weighted by atomic mass is 10.1. The number of nitrogens with zero attached hydrogens (tertiary/aromatic N) is 1. The summed E-state index contributed by atoms with van der Waals surface area (Å²) >= 11 is 0. The third-order valence-corrected chi connectivity index (χ3v) is 3.11. The summed E-state index contributed by atoms with van der Waals surface area (Å²) < 4.78 is 5.19. The van der Waals surface area contributed by atoms with Crippen LogP contribution in [0.4, 0.5) is 0 Å². The Morgan fingerprint density at radius 1 is 1.24 bits per heavy atom.